The summed E-state index contributed by atoms with van der Waals surface area (Å²) in [6, 6.07) is -1.32. The summed E-state index contributed by atoms with van der Waals surface area (Å²) >= 11 is 0. The predicted octanol–water partition coefficient (Wildman–Crippen LogP) is -0.270. The van der Waals surface area contributed by atoms with Gasteiger partial charge in [-0.2, -0.15) is 8.42 Å². The molecule has 0 aromatic heterocycles. The van der Waals surface area contributed by atoms with Gasteiger partial charge >= 0.3 is 6.09 Å². The lowest BCUT2D eigenvalue weighted by Crippen LogP contribution is -2.51. The average Bonchev–Trinajstić information content (AvgIpc) is 2.10. The van der Waals surface area contributed by atoms with Crippen molar-refractivity contribution >= 4 is 22.1 Å². The molecular formula is C10H20N2O6S. The van der Waals surface area contributed by atoms with Crippen molar-refractivity contribution in [2.24, 2.45) is 5.73 Å². The second-order valence-electron chi connectivity index (χ2n) is 5.02. The van der Waals surface area contributed by atoms with E-state index in [1.54, 1.807) is 20.8 Å². The molecule has 8 nitrogen and oxygen atoms in total. The van der Waals surface area contributed by atoms with Crippen molar-refractivity contribution in [3.63, 3.8) is 0 Å². The lowest BCUT2D eigenvalue weighted by molar-refractivity contribution is -0.123. The number of carbonyl (C=O) groups is 2. The SMILES string of the molecule is CC(OS(C)(=O)=O)C(N)C(=O)NC(=O)OC(C)(C)C. The van der Waals surface area contributed by atoms with E-state index in [1.165, 1.54) is 6.92 Å². The topological polar surface area (TPSA) is 125 Å². The van der Waals surface area contributed by atoms with E-state index in [2.05, 4.69) is 4.18 Å². The molecule has 0 radical (unpaired) electrons. The van der Waals surface area contributed by atoms with Crippen molar-refractivity contribution in [3.05, 3.63) is 0 Å². The fraction of sp³-hybridized carbons (Fsp3) is 0.800. The Morgan fingerprint density at radius 3 is 2.11 bits per heavy atom. The number of imide groups is 1. The molecule has 0 aromatic rings. The van der Waals surface area contributed by atoms with E-state index in [-0.39, 0.29) is 0 Å². The number of nitrogens with one attached hydrogen (secondary N) is 1. The van der Waals surface area contributed by atoms with Crippen molar-refractivity contribution in [2.75, 3.05) is 6.26 Å². The summed E-state index contributed by atoms with van der Waals surface area (Å²) in [5.74, 6) is -0.884. The van der Waals surface area contributed by atoms with Gasteiger partial charge in [-0.05, 0) is 27.7 Å². The van der Waals surface area contributed by atoms with Crippen molar-refractivity contribution < 1.29 is 26.9 Å². The van der Waals surface area contributed by atoms with Crippen LogP contribution in [-0.4, -0.2) is 44.4 Å². The number of alkyl carbamates (subject to hydrolysis) is 1. The molecular weight excluding hydrogens is 276 g/mol. The molecule has 0 saturated heterocycles. The maximum absolute atomic E-state index is 11.6. The van der Waals surface area contributed by atoms with Gasteiger partial charge in [0, 0.05) is 0 Å². The molecule has 2 atom stereocenters. The normalized spacial score (nSPS) is 15.5. The van der Waals surface area contributed by atoms with Crippen LogP contribution in [0.4, 0.5) is 4.79 Å². The molecule has 0 bridgehead atoms. The van der Waals surface area contributed by atoms with Gasteiger partial charge in [0.1, 0.15) is 11.6 Å². The second-order valence-corrected chi connectivity index (χ2v) is 6.62. The van der Waals surface area contributed by atoms with Crippen LogP contribution >= 0.6 is 0 Å². The van der Waals surface area contributed by atoms with Gasteiger partial charge in [-0.1, -0.05) is 0 Å². The molecule has 3 N–H and O–H groups in total. The van der Waals surface area contributed by atoms with Crippen LogP contribution in [0.2, 0.25) is 0 Å². The Kier molecular flexibility index (Phi) is 5.91. The molecule has 0 heterocycles. The van der Waals surface area contributed by atoms with Crippen molar-refractivity contribution in [3.8, 4) is 0 Å². The quantitative estimate of drug-likeness (QED) is 0.684. The standard InChI is InChI=1S/C10H20N2O6S/c1-6(18-19(5,15)16)7(11)8(13)12-9(14)17-10(2,3)4/h6-7H,11H2,1-5H3,(H,12,13,14). The van der Waals surface area contributed by atoms with Gasteiger partial charge in [0.05, 0.1) is 12.4 Å². The first-order valence-electron chi connectivity index (χ1n) is 5.49. The first-order chi connectivity index (χ1) is 8.32. The smallest absolute Gasteiger partial charge is 0.414 e. The minimum atomic E-state index is -3.74. The molecule has 0 rings (SSSR count). The first kappa shape index (κ1) is 17.8. The number of amides is 2. The fourth-order valence-corrected chi connectivity index (χ4v) is 1.71. The van der Waals surface area contributed by atoms with Crippen LogP contribution in [0.5, 0.6) is 0 Å². The maximum Gasteiger partial charge on any atom is 0.414 e. The van der Waals surface area contributed by atoms with Crippen LogP contribution in [0.15, 0.2) is 0 Å². The summed E-state index contributed by atoms with van der Waals surface area (Å²) in [7, 11) is -3.74. The largest absolute Gasteiger partial charge is 0.444 e. The summed E-state index contributed by atoms with van der Waals surface area (Å²) in [6.07, 6.45) is -1.22. The molecule has 0 aromatic carbocycles. The Balaban J connectivity index is 4.47. The van der Waals surface area contributed by atoms with Crippen LogP contribution in [0, 0.1) is 0 Å². The molecule has 2 amide bonds. The van der Waals surface area contributed by atoms with E-state index in [0.717, 1.165) is 6.26 Å². The lowest BCUT2D eigenvalue weighted by atomic mass is 10.2. The zero-order chi connectivity index (χ0) is 15.4. The number of ether oxygens (including phenoxy) is 1. The van der Waals surface area contributed by atoms with Gasteiger partial charge in [0.15, 0.2) is 0 Å². The highest BCUT2D eigenvalue weighted by molar-refractivity contribution is 7.86. The van der Waals surface area contributed by atoms with Crippen LogP contribution in [0.1, 0.15) is 27.7 Å². The van der Waals surface area contributed by atoms with Crippen molar-refractivity contribution in [2.45, 2.75) is 45.4 Å². The van der Waals surface area contributed by atoms with E-state index in [0.29, 0.717) is 0 Å². The van der Waals surface area contributed by atoms with Crippen LogP contribution in [0.3, 0.4) is 0 Å². The predicted molar refractivity (Wildman–Crippen MR) is 67.7 cm³/mol. The summed E-state index contributed by atoms with van der Waals surface area (Å²) < 4.78 is 31.1. The van der Waals surface area contributed by atoms with E-state index < -0.39 is 39.9 Å². The highest BCUT2D eigenvalue weighted by atomic mass is 32.2. The van der Waals surface area contributed by atoms with E-state index in [9.17, 15) is 18.0 Å². The highest BCUT2D eigenvalue weighted by Crippen LogP contribution is 2.07. The summed E-state index contributed by atoms with van der Waals surface area (Å²) in [5.41, 5.74) is 4.71. The Morgan fingerprint density at radius 2 is 1.74 bits per heavy atom. The van der Waals surface area contributed by atoms with Gasteiger partial charge in [-0.25, -0.2) is 4.79 Å². The van der Waals surface area contributed by atoms with E-state index >= 15 is 0 Å². The number of carbonyl (C=O) groups excluding carboxylic acids is 2. The maximum atomic E-state index is 11.6. The number of nitrogens with two attached hydrogens (primary N) is 1. The zero-order valence-corrected chi connectivity index (χ0v) is 12.4. The number of rotatable bonds is 4. The number of hydrogen-bond donors (Lipinski definition) is 2. The van der Waals surface area contributed by atoms with Crippen molar-refractivity contribution in [1.82, 2.24) is 5.32 Å². The Hall–Kier alpha value is -1.19. The first-order valence-corrected chi connectivity index (χ1v) is 7.31. The molecule has 0 aliphatic heterocycles. The van der Waals surface area contributed by atoms with Crippen LogP contribution in [-0.2, 0) is 23.8 Å². The minimum absolute atomic E-state index is 0.761. The summed E-state index contributed by atoms with van der Waals surface area (Å²) in [6.45, 7) is 6.20. The Morgan fingerprint density at radius 1 is 1.26 bits per heavy atom. The molecule has 0 aliphatic carbocycles. The number of hydrogen-bond acceptors (Lipinski definition) is 7. The summed E-state index contributed by atoms with van der Waals surface area (Å²) in [4.78, 5) is 22.9. The van der Waals surface area contributed by atoms with E-state index in [4.69, 9.17) is 10.5 Å². The Labute approximate surface area is 112 Å². The lowest BCUT2D eigenvalue weighted by Gasteiger charge is -2.21. The van der Waals surface area contributed by atoms with Gasteiger partial charge in [0.25, 0.3) is 10.1 Å². The second kappa shape index (κ2) is 6.31. The molecule has 0 saturated carbocycles. The third-order valence-electron chi connectivity index (χ3n) is 1.76. The van der Waals surface area contributed by atoms with Gasteiger partial charge in [-0.3, -0.25) is 14.3 Å². The zero-order valence-electron chi connectivity index (χ0n) is 11.6. The molecule has 19 heavy (non-hydrogen) atoms. The third kappa shape index (κ3) is 8.51. The molecule has 0 spiro atoms. The molecule has 0 fully saturated rings. The molecule has 112 valence electrons. The van der Waals surface area contributed by atoms with Gasteiger partial charge in [0.2, 0.25) is 5.91 Å². The molecule has 2 unspecified atom stereocenters. The molecule has 0 aliphatic rings. The van der Waals surface area contributed by atoms with Gasteiger partial charge < -0.3 is 10.5 Å². The van der Waals surface area contributed by atoms with Gasteiger partial charge in [-0.15, -0.1) is 0 Å². The van der Waals surface area contributed by atoms with Crippen LogP contribution < -0.4 is 11.1 Å². The average molecular weight is 296 g/mol. The Bertz CT molecular complexity index is 439. The fourth-order valence-electron chi connectivity index (χ4n) is 1.04. The van der Waals surface area contributed by atoms with E-state index in [1.807, 2.05) is 5.32 Å². The highest BCUT2D eigenvalue weighted by Gasteiger charge is 2.27. The van der Waals surface area contributed by atoms with Crippen molar-refractivity contribution in [1.29, 1.82) is 0 Å². The third-order valence-corrected chi connectivity index (χ3v) is 2.41. The summed E-state index contributed by atoms with van der Waals surface area (Å²) in [5, 5.41) is 1.90. The molecule has 9 heteroatoms. The monoisotopic (exact) mass is 296 g/mol. The van der Waals surface area contributed by atoms with Crippen LogP contribution in [0.25, 0.3) is 0 Å². The minimum Gasteiger partial charge on any atom is -0.444 e.